The van der Waals surface area contributed by atoms with Crippen LogP contribution < -0.4 is 5.32 Å². The predicted molar refractivity (Wildman–Crippen MR) is 54.6 cm³/mol. The van der Waals surface area contributed by atoms with Gasteiger partial charge in [0.2, 0.25) is 0 Å². The highest BCUT2D eigenvalue weighted by atomic mass is 79.9. The fourth-order valence-electron chi connectivity index (χ4n) is 1.10. The molecule has 4 nitrogen and oxygen atoms in total. The zero-order valence-electron chi connectivity index (χ0n) is 7.88. The van der Waals surface area contributed by atoms with Crippen molar-refractivity contribution in [3.8, 4) is 0 Å². The quantitative estimate of drug-likeness (QED) is 0.845. The normalized spacial score (nSPS) is 10.7. The van der Waals surface area contributed by atoms with Crippen LogP contribution in [-0.2, 0) is 17.8 Å². The molecule has 0 atom stereocenters. The summed E-state index contributed by atoms with van der Waals surface area (Å²) in [6, 6.07) is 0. The lowest BCUT2D eigenvalue weighted by Gasteiger charge is -2.06. The van der Waals surface area contributed by atoms with Crippen LogP contribution in [0.1, 0.15) is 5.69 Å². The van der Waals surface area contributed by atoms with Gasteiger partial charge in [0, 0.05) is 13.7 Å². The Balaban J connectivity index is 2.68. The molecular weight excluding hydrogens is 234 g/mol. The predicted octanol–water partition coefficient (Wildman–Crippen LogP) is 1.01. The summed E-state index contributed by atoms with van der Waals surface area (Å²) < 4.78 is 7.97. The van der Waals surface area contributed by atoms with Crippen molar-refractivity contribution in [2.45, 2.75) is 13.1 Å². The van der Waals surface area contributed by atoms with E-state index in [0.29, 0.717) is 6.61 Å². The van der Waals surface area contributed by atoms with Gasteiger partial charge in [0.15, 0.2) is 0 Å². The van der Waals surface area contributed by atoms with Crippen LogP contribution in [0.3, 0.4) is 0 Å². The van der Waals surface area contributed by atoms with Gasteiger partial charge in [0.1, 0.15) is 0 Å². The summed E-state index contributed by atoms with van der Waals surface area (Å²) in [4.78, 5) is 0. The summed E-state index contributed by atoms with van der Waals surface area (Å²) in [5.41, 5.74) is 1.15. The molecule has 0 unspecified atom stereocenters. The second kappa shape index (κ2) is 5.36. The topological polar surface area (TPSA) is 39.1 Å². The van der Waals surface area contributed by atoms with Crippen LogP contribution in [-0.4, -0.2) is 30.5 Å². The molecule has 1 aromatic rings. The van der Waals surface area contributed by atoms with Gasteiger partial charge in [-0.05, 0) is 23.0 Å². The summed E-state index contributed by atoms with van der Waals surface area (Å²) in [5, 5.41) is 7.32. The lowest BCUT2D eigenvalue weighted by molar-refractivity contribution is 0.182. The van der Waals surface area contributed by atoms with Gasteiger partial charge in [-0.25, -0.2) is 0 Å². The molecule has 0 aromatic carbocycles. The molecule has 0 aliphatic heterocycles. The highest BCUT2D eigenvalue weighted by Crippen LogP contribution is 2.15. The van der Waals surface area contributed by atoms with E-state index in [1.165, 1.54) is 0 Å². The van der Waals surface area contributed by atoms with Crippen molar-refractivity contribution in [3.05, 3.63) is 16.4 Å². The van der Waals surface area contributed by atoms with Crippen LogP contribution in [0.25, 0.3) is 0 Å². The Labute approximate surface area is 86.4 Å². The molecule has 1 aromatic heterocycles. The number of halogens is 1. The van der Waals surface area contributed by atoms with Crippen molar-refractivity contribution < 1.29 is 4.74 Å². The van der Waals surface area contributed by atoms with Crippen LogP contribution in [0, 0.1) is 0 Å². The number of methoxy groups -OCH3 is 1. The molecule has 0 spiro atoms. The van der Waals surface area contributed by atoms with Crippen LogP contribution in [0.4, 0.5) is 0 Å². The first-order valence-corrected chi connectivity index (χ1v) is 4.92. The standard InChI is InChI=1S/C8H14BrN3O/c1-10-6-8-7(9)5-11-12(8)3-4-13-2/h5,10H,3-4,6H2,1-2H3. The van der Waals surface area contributed by atoms with Gasteiger partial charge in [-0.2, -0.15) is 5.10 Å². The average molecular weight is 248 g/mol. The molecule has 0 amide bonds. The Morgan fingerprint density at radius 1 is 1.69 bits per heavy atom. The molecule has 13 heavy (non-hydrogen) atoms. The van der Waals surface area contributed by atoms with Crippen LogP contribution in [0.2, 0.25) is 0 Å². The van der Waals surface area contributed by atoms with Gasteiger partial charge >= 0.3 is 0 Å². The van der Waals surface area contributed by atoms with E-state index < -0.39 is 0 Å². The summed E-state index contributed by atoms with van der Waals surface area (Å²) >= 11 is 3.45. The molecule has 1 rings (SSSR count). The van der Waals surface area contributed by atoms with Gasteiger partial charge in [0.25, 0.3) is 0 Å². The first-order valence-electron chi connectivity index (χ1n) is 4.13. The number of aromatic nitrogens is 2. The minimum atomic E-state index is 0.685. The van der Waals surface area contributed by atoms with Crippen molar-refractivity contribution in [1.29, 1.82) is 0 Å². The number of hydrogen-bond acceptors (Lipinski definition) is 3. The van der Waals surface area contributed by atoms with E-state index in [9.17, 15) is 0 Å². The monoisotopic (exact) mass is 247 g/mol. The molecule has 0 saturated carbocycles. The van der Waals surface area contributed by atoms with Crippen LogP contribution in [0.15, 0.2) is 10.7 Å². The summed E-state index contributed by atoms with van der Waals surface area (Å²) in [7, 11) is 3.61. The minimum Gasteiger partial charge on any atom is -0.383 e. The molecule has 0 saturated heterocycles. The highest BCUT2D eigenvalue weighted by Gasteiger charge is 2.06. The Hall–Kier alpha value is -0.390. The van der Waals surface area contributed by atoms with Crippen LogP contribution >= 0.6 is 15.9 Å². The molecule has 0 aliphatic carbocycles. The largest absolute Gasteiger partial charge is 0.383 e. The SMILES string of the molecule is CNCc1c(Br)cnn1CCOC. The third-order valence-electron chi connectivity index (χ3n) is 1.75. The molecular formula is C8H14BrN3O. The van der Waals surface area contributed by atoms with Crippen molar-refractivity contribution in [2.24, 2.45) is 0 Å². The number of nitrogens with one attached hydrogen (secondary N) is 1. The van der Waals surface area contributed by atoms with Gasteiger partial charge in [-0.3, -0.25) is 4.68 Å². The maximum absolute atomic E-state index is 4.99. The molecule has 74 valence electrons. The first kappa shape index (κ1) is 10.7. The maximum atomic E-state index is 4.99. The van der Waals surface area contributed by atoms with Crippen molar-refractivity contribution in [1.82, 2.24) is 15.1 Å². The van der Waals surface area contributed by atoms with E-state index in [4.69, 9.17) is 4.74 Å². The minimum absolute atomic E-state index is 0.685. The molecule has 0 radical (unpaired) electrons. The Morgan fingerprint density at radius 2 is 2.46 bits per heavy atom. The van der Waals surface area contributed by atoms with Gasteiger partial charge < -0.3 is 10.1 Å². The summed E-state index contributed by atoms with van der Waals surface area (Å²) in [5.74, 6) is 0. The van der Waals surface area contributed by atoms with Gasteiger partial charge in [0.05, 0.1) is 29.5 Å². The van der Waals surface area contributed by atoms with E-state index in [-0.39, 0.29) is 0 Å². The Bertz CT molecular complexity index is 262. The summed E-state index contributed by atoms with van der Waals surface area (Å²) in [6.07, 6.45) is 1.81. The number of ether oxygens (including phenoxy) is 1. The Morgan fingerprint density at radius 3 is 3.08 bits per heavy atom. The summed E-state index contributed by atoms with van der Waals surface area (Å²) in [6.45, 7) is 2.29. The van der Waals surface area contributed by atoms with E-state index >= 15 is 0 Å². The first-order chi connectivity index (χ1) is 6.29. The average Bonchev–Trinajstić information content (AvgIpc) is 2.46. The van der Waals surface area contributed by atoms with E-state index in [1.807, 2.05) is 17.9 Å². The zero-order valence-corrected chi connectivity index (χ0v) is 9.47. The molecule has 5 heteroatoms. The van der Waals surface area contributed by atoms with Crippen molar-refractivity contribution >= 4 is 15.9 Å². The lowest BCUT2D eigenvalue weighted by Crippen LogP contribution is -2.14. The number of hydrogen-bond donors (Lipinski definition) is 1. The lowest BCUT2D eigenvalue weighted by atomic mass is 10.4. The molecule has 1 heterocycles. The molecule has 0 aliphatic rings. The van der Waals surface area contributed by atoms with Crippen molar-refractivity contribution in [3.63, 3.8) is 0 Å². The molecule has 1 N–H and O–H groups in total. The second-order valence-corrected chi connectivity index (χ2v) is 3.54. The third-order valence-corrected chi connectivity index (χ3v) is 2.41. The van der Waals surface area contributed by atoms with E-state index in [2.05, 4.69) is 26.3 Å². The zero-order chi connectivity index (χ0) is 9.68. The van der Waals surface area contributed by atoms with Crippen LogP contribution in [0.5, 0.6) is 0 Å². The number of nitrogens with zero attached hydrogens (tertiary/aromatic N) is 2. The fourth-order valence-corrected chi connectivity index (χ4v) is 1.54. The smallest absolute Gasteiger partial charge is 0.0665 e. The Kier molecular flexibility index (Phi) is 4.41. The number of rotatable bonds is 5. The molecule has 0 bridgehead atoms. The molecule has 0 fully saturated rings. The van der Waals surface area contributed by atoms with Crippen molar-refractivity contribution in [2.75, 3.05) is 20.8 Å². The van der Waals surface area contributed by atoms with Gasteiger partial charge in [-0.1, -0.05) is 0 Å². The van der Waals surface area contributed by atoms with Gasteiger partial charge in [-0.15, -0.1) is 0 Å². The van der Waals surface area contributed by atoms with E-state index in [1.54, 1.807) is 7.11 Å². The maximum Gasteiger partial charge on any atom is 0.0665 e. The fraction of sp³-hybridized carbons (Fsp3) is 0.625. The highest BCUT2D eigenvalue weighted by molar-refractivity contribution is 9.10. The third kappa shape index (κ3) is 2.79. The van der Waals surface area contributed by atoms with E-state index in [0.717, 1.165) is 23.3 Å². The second-order valence-electron chi connectivity index (χ2n) is 2.69.